The summed E-state index contributed by atoms with van der Waals surface area (Å²) in [5.41, 5.74) is 0. The number of ketones is 1. The summed E-state index contributed by atoms with van der Waals surface area (Å²) in [5.74, 6) is 0.0350. The Morgan fingerprint density at radius 2 is 1.76 bits per heavy atom. The van der Waals surface area contributed by atoms with Gasteiger partial charge in [0.25, 0.3) is 0 Å². The van der Waals surface area contributed by atoms with E-state index in [1.54, 1.807) is 0 Å². The van der Waals surface area contributed by atoms with Crippen LogP contribution in [0.5, 0.6) is 0 Å². The van der Waals surface area contributed by atoms with Crippen molar-refractivity contribution in [3.8, 4) is 0 Å². The molecule has 4 heteroatoms. The van der Waals surface area contributed by atoms with Crippen molar-refractivity contribution in [1.82, 2.24) is 0 Å². The minimum atomic E-state index is -0.0583. The molecule has 0 aromatic heterocycles. The average Bonchev–Trinajstić information content (AvgIpc) is 2.29. The number of carbonyl (C=O) groups excluding carboxylic acids is 1. The second-order valence-corrected chi connectivity index (χ2v) is 4.40. The maximum atomic E-state index is 10.7. The number of rotatable bonds is 11. The minimum Gasteiger partial charge on any atom is -0.379 e. The maximum Gasteiger partial charge on any atom is 0.155 e. The SMILES string of the molecule is CCCCOCC(C)OCC(C)OCC(C)=O. The van der Waals surface area contributed by atoms with Gasteiger partial charge in [0.2, 0.25) is 0 Å². The minimum absolute atomic E-state index is 0.0350. The number of unbranched alkanes of at least 4 members (excludes halogenated alkanes) is 1. The van der Waals surface area contributed by atoms with E-state index in [4.69, 9.17) is 14.2 Å². The van der Waals surface area contributed by atoms with Crippen LogP contribution in [-0.4, -0.2) is 44.4 Å². The van der Waals surface area contributed by atoms with Crippen molar-refractivity contribution in [3.05, 3.63) is 0 Å². The van der Waals surface area contributed by atoms with Gasteiger partial charge in [-0.25, -0.2) is 0 Å². The summed E-state index contributed by atoms with van der Waals surface area (Å²) in [7, 11) is 0. The smallest absolute Gasteiger partial charge is 0.155 e. The molecular weight excluding hydrogens is 220 g/mol. The highest BCUT2D eigenvalue weighted by molar-refractivity contribution is 5.76. The third kappa shape index (κ3) is 11.8. The van der Waals surface area contributed by atoms with E-state index in [-0.39, 0.29) is 24.6 Å². The molecule has 0 heterocycles. The van der Waals surface area contributed by atoms with Gasteiger partial charge < -0.3 is 14.2 Å². The molecule has 0 bridgehead atoms. The number of hydrogen-bond acceptors (Lipinski definition) is 4. The second kappa shape index (κ2) is 10.7. The van der Waals surface area contributed by atoms with Crippen molar-refractivity contribution in [2.24, 2.45) is 0 Å². The molecule has 17 heavy (non-hydrogen) atoms. The van der Waals surface area contributed by atoms with Crippen LogP contribution in [0.1, 0.15) is 40.5 Å². The first-order chi connectivity index (χ1) is 8.06. The fourth-order valence-corrected chi connectivity index (χ4v) is 1.15. The molecule has 0 spiro atoms. The molecule has 0 rings (SSSR count). The molecule has 0 N–H and O–H groups in total. The molecule has 0 fully saturated rings. The Kier molecular flexibility index (Phi) is 10.4. The Balaban J connectivity index is 3.41. The molecule has 102 valence electrons. The van der Waals surface area contributed by atoms with Gasteiger partial charge in [0, 0.05) is 6.61 Å². The van der Waals surface area contributed by atoms with Gasteiger partial charge in [-0.15, -0.1) is 0 Å². The van der Waals surface area contributed by atoms with Gasteiger partial charge in [-0.2, -0.15) is 0 Å². The monoisotopic (exact) mass is 246 g/mol. The highest BCUT2D eigenvalue weighted by Crippen LogP contribution is 1.99. The quantitative estimate of drug-likeness (QED) is 0.524. The van der Waals surface area contributed by atoms with Crippen LogP contribution in [0.2, 0.25) is 0 Å². The molecular formula is C13H26O4. The lowest BCUT2D eigenvalue weighted by Crippen LogP contribution is -2.24. The Morgan fingerprint density at radius 3 is 2.35 bits per heavy atom. The molecule has 0 amide bonds. The van der Waals surface area contributed by atoms with Gasteiger partial charge in [0.15, 0.2) is 5.78 Å². The van der Waals surface area contributed by atoms with E-state index in [0.29, 0.717) is 13.2 Å². The van der Waals surface area contributed by atoms with E-state index >= 15 is 0 Å². The molecule has 4 nitrogen and oxygen atoms in total. The summed E-state index contributed by atoms with van der Waals surface area (Å²) in [6.45, 7) is 9.57. The molecule has 0 aliphatic heterocycles. The number of hydrogen-bond donors (Lipinski definition) is 0. The van der Waals surface area contributed by atoms with Gasteiger partial charge in [0.1, 0.15) is 6.61 Å². The van der Waals surface area contributed by atoms with Crippen LogP contribution in [0.3, 0.4) is 0 Å². The summed E-state index contributed by atoms with van der Waals surface area (Å²) in [5, 5.41) is 0. The van der Waals surface area contributed by atoms with Crippen LogP contribution in [0.4, 0.5) is 0 Å². The van der Waals surface area contributed by atoms with E-state index in [9.17, 15) is 4.79 Å². The maximum absolute atomic E-state index is 10.7. The van der Waals surface area contributed by atoms with Crippen LogP contribution in [0, 0.1) is 0 Å². The van der Waals surface area contributed by atoms with Gasteiger partial charge in [-0.05, 0) is 27.2 Å². The van der Waals surface area contributed by atoms with Crippen LogP contribution >= 0.6 is 0 Å². The molecule has 2 unspecified atom stereocenters. The summed E-state index contributed by atoms with van der Waals surface area (Å²) in [4.78, 5) is 10.7. The lowest BCUT2D eigenvalue weighted by atomic mass is 10.3. The standard InChI is InChI=1S/C13H26O4/c1-5-6-7-15-9-12(3)17-10-13(4)16-8-11(2)14/h12-13H,5-10H2,1-4H3. The molecule has 0 aliphatic rings. The van der Waals surface area contributed by atoms with E-state index < -0.39 is 0 Å². The third-order valence-corrected chi connectivity index (χ3v) is 2.18. The Labute approximate surface area is 105 Å². The van der Waals surface area contributed by atoms with Crippen molar-refractivity contribution in [1.29, 1.82) is 0 Å². The zero-order valence-electron chi connectivity index (χ0n) is 11.5. The first-order valence-corrected chi connectivity index (χ1v) is 6.36. The topological polar surface area (TPSA) is 44.8 Å². The van der Waals surface area contributed by atoms with E-state index in [1.165, 1.54) is 6.92 Å². The zero-order chi connectivity index (χ0) is 13.1. The van der Waals surface area contributed by atoms with Gasteiger partial charge in [-0.1, -0.05) is 13.3 Å². The molecule has 0 aliphatic carbocycles. The molecule has 0 aromatic carbocycles. The third-order valence-electron chi connectivity index (χ3n) is 2.18. The summed E-state index contributed by atoms with van der Waals surface area (Å²) in [6, 6.07) is 0. The van der Waals surface area contributed by atoms with Crippen LogP contribution in [0.25, 0.3) is 0 Å². The molecule has 0 aromatic rings. The van der Waals surface area contributed by atoms with Gasteiger partial charge in [-0.3, -0.25) is 4.79 Å². The first kappa shape index (κ1) is 16.6. The predicted molar refractivity (Wildman–Crippen MR) is 67.2 cm³/mol. The van der Waals surface area contributed by atoms with E-state index in [0.717, 1.165) is 19.4 Å². The second-order valence-electron chi connectivity index (χ2n) is 4.40. The molecule has 0 saturated carbocycles. The lowest BCUT2D eigenvalue weighted by Gasteiger charge is -2.17. The number of ether oxygens (including phenoxy) is 3. The Morgan fingerprint density at radius 1 is 1.12 bits per heavy atom. The van der Waals surface area contributed by atoms with E-state index in [1.807, 2.05) is 13.8 Å². The van der Waals surface area contributed by atoms with E-state index in [2.05, 4.69) is 6.92 Å². The molecule has 0 radical (unpaired) electrons. The fraction of sp³-hybridized carbons (Fsp3) is 0.923. The Hall–Kier alpha value is -0.450. The summed E-state index contributed by atoms with van der Waals surface area (Å²) < 4.78 is 16.3. The summed E-state index contributed by atoms with van der Waals surface area (Å²) >= 11 is 0. The van der Waals surface area contributed by atoms with Crippen LogP contribution in [0.15, 0.2) is 0 Å². The summed E-state index contributed by atoms with van der Waals surface area (Å²) in [6.07, 6.45) is 2.24. The highest BCUT2D eigenvalue weighted by atomic mass is 16.6. The average molecular weight is 246 g/mol. The van der Waals surface area contributed by atoms with Gasteiger partial charge in [0.05, 0.1) is 25.4 Å². The van der Waals surface area contributed by atoms with Gasteiger partial charge >= 0.3 is 0 Å². The van der Waals surface area contributed by atoms with Crippen molar-refractivity contribution in [2.75, 3.05) is 26.4 Å². The van der Waals surface area contributed by atoms with Crippen molar-refractivity contribution < 1.29 is 19.0 Å². The lowest BCUT2D eigenvalue weighted by molar-refractivity contribution is -0.125. The highest BCUT2D eigenvalue weighted by Gasteiger charge is 2.08. The molecule has 0 saturated heterocycles. The normalized spacial score (nSPS) is 14.6. The van der Waals surface area contributed by atoms with Crippen molar-refractivity contribution >= 4 is 5.78 Å². The van der Waals surface area contributed by atoms with Crippen molar-refractivity contribution in [2.45, 2.75) is 52.7 Å². The molecule has 2 atom stereocenters. The number of Topliss-reactive ketones (excluding diaryl/α,β-unsaturated/α-hetero) is 1. The zero-order valence-corrected chi connectivity index (χ0v) is 11.5. The van der Waals surface area contributed by atoms with Crippen LogP contribution in [-0.2, 0) is 19.0 Å². The van der Waals surface area contributed by atoms with Crippen molar-refractivity contribution in [3.63, 3.8) is 0 Å². The fourth-order valence-electron chi connectivity index (χ4n) is 1.15. The largest absolute Gasteiger partial charge is 0.379 e. The predicted octanol–water partition coefficient (Wildman–Crippen LogP) is 2.20. The van der Waals surface area contributed by atoms with Crippen LogP contribution < -0.4 is 0 Å². The number of carbonyl (C=O) groups is 1. The Bertz CT molecular complexity index is 194. The first-order valence-electron chi connectivity index (χ1n) is 6.36.